The van der Waals surface area contributed by atoms with E-state index in [-0.39, 0.29) is 5.75 Å². The van der Waals surface area contributed by atoms with Crippen molar-refractivity contribution in [1.82, 2.24) is 0 Å². The molecule has 3 rings (SSSR count). The van der Waals surface area contributed by atoms with Crippen LogP contribution in [0.15, 0.2) is 78.9 Å². The van der Waals surface area contributed by atoms with Crippen LogP contribution in [-0.2, 0) is 36.1 Å². The summed E-state index contributed by atoms with van der Waals surface area (Å²) in [5, 5.41) is 0. The van der Waals surface area contributed by atoms with Crippen LogP contribution in [0.5, 0.6) is 5.75 Å². The maximum absolute atomic E-state index is 11.3. The van der Waals surface area contributed by atoms with Crippen molar-refractivity contribution in [3.05, 3.63) is 101 Å². The molecule has 1 N–H and O–H groups in total. The maximum atomic E-state index is 11.3. The van der Waals surface area contributed by atoms with Gasteiger partial charge in [-0.2, -0.15) is 8.42 Å². The smallest absolute Gasteiger partial charge is 0.362 e. The normalized spacial score (nSPS) is 11.3. The van der Waals surface area contributed by atoms with E-state index in [0.717, 1.165) is 36.0 Å². The van der Waals surface area contributed by atoms with Crippen LogP contribution in [0.25, 0.3) is 0 Å². The summed E-state index contributed by atoms with van der Waals surface area (Å²) in [5.74, 6) is 0.194. The summed E-state index contributed by atoms with van der Waals surface area (Å²) in [6.07, 6.45) is 2.98. The largest absolute Gasteiger partial charge is 0.446 e. The third kappa shape index (κ3) is 5.94. The lowest BCUT2D eigenvalue weighted by Gasteiger charge is -2.14. The first-order chi connectivity index (χ1) is 13.0. The molecule has 27 heavy (non-hydrogen) atoms. The van der Waals surface area contributed by atoms with Gasteiger partial charge in [0.1, 0.15) is 5.75 Å². The van der Waals surface area contributed by atoms with Crippen molar-refractivity contribution in [1.29, 1.82) is 0 Å². The number of aryl methyl sites for hydroxylation is 3. The summed E-state index contributed by atoms with van der Waals surface area (Å²) in [4.78, 5) is 0. The standard InChI is InChI=1S/C22H22O4S/c23-27(24,25)26-22-13-7-12-20(16-14-18-8-3-1-4-9-18)21(22)17-15-19-10-5-2-6-11-19/h1-13H,14-17H2,(H,23,24,25). The van der Waals surface area contributed by atoms with Crippen LogP contribution in [0.2, 0.25) is 0 Å². The second kappa shape index (κ2) is 8.84. The molecule has 4 nitrogen and oxygen atoms in total. The van der Waals surface area contributed by atoms with Crippen LogP contribution >= 0.6 is 0 Å². The summed E-state index contributed by atoms with van der Waals surface area (Å²) in [6.45, 7) is 0. The van der Waals surface area contributed by atoms with Crippen LogP contribution in [0.1, 0.15) is 22.3 Å². The molecule has 0 saturated heterocycles. The highest BCUT2D eigenvalue weighted by Crippen LogP contribution is 2.27. The zero-order valence-electron chi connectivity index (χ0n) is 14.9. The molecule has 140 valence electrons. The Kier molecular flexibility index (Phi) is 6.27. The van der Waals surface area contributed by atoms with Gasteiger partial charge in [-0.1, -0.05) is 72.8 Å². The summed E-state index contributed by atoms with van der Waals surface area (Å²) < 4.78 is 36.5. The van der Waals surface area contributed by atoms with Gasteiger partial charge in [-0.05, 0) is 54.0 Å². The summed E-state index contributed by atoms with van der Waals surface area (Å²) in [6, 6.07) is 25.5. The van der Waals surface area contributed by atoms with Gasteiger partial charge in [0.05, 0.1) is 0 Å². The van der Waals surface area contributed by atoms with Crippen LogP contribution in [0.3, 0.4) is 0 Å². The molecule has 0 unspecified atom stereocenters. The Labute approximate surface area is 160 Å². The first-order valence-electron chi connectivity index (χ1n) is 8.87. The van der Waals surface area contributed by atoms with E-state index in [2.05, 4.69) is 12.1 Å². The Morgan fingerprint density at radius 2 is 1.22 bits per heavy atom. The Morgan fingerprint density at radius 1 is 0.667 bits per heavy atom. The molecule has 0 amide bonds. The Balaban J connectivity index is 1.85. The highest BCUT2D eigenvalue weighted by molar-refractivity contribution is 7.81. The van der Waals surface area contributed by atoms with E-state index in [4.69, 9.17) is 8.74 Å². The molecule has 0 aliphatic carbocycles. The lowest BCUT2D eigenvalue weighted by molar-refractivity contribution is 0.385. The number of hydrogen-bond acceptors (Lipinski definition) is 3. The van der Waals surface area contributed by atoms with Crippen molar-refractivity contribution in [3.63, 3.8) is 0 Å². The fourth-order valence-electron chi connectivity index (χ4n) is 3.16. The van der Waals surface area contributed by atoms with Gasteiger partial charge in [-0.25, -0.2) is 0 Å². The second-order valence-electron chi connectivity index (χ2n) is 6.38. The Morgan fingerprint density at radius 3 is 1.78 bits per heavy atom. The van der Waals surface area contributed by atoms with Gasteiger partial charge in [-0.3, -0.25) is 4.55 Å². The van der Waals surface area contributed by atoms with Gasteiger partial charge >= 0.3 is 10.4 Å². The zero-order valence-corrected chi connectivity index (χ0v) is 15.7. The van der Waals surface area contributed by atoms with E-state index in [1.165, 1.54) is 5.56 Å². The molecular weight excluding hydrogens is 360 g/mol. The van der Waals surface area contributed by atoms with Crippen LogP contribution in [0, 0.1) is 0 Å². The van der Waals surface area contributed by atoms with E-state index >= 15 is 0 Å². The molecule has 0 aliphatic heterocycles. The fraction of sp³-hybridized carbons (Fsp3) is 0.182. The molecule has 0 spiro atoms. The van der Waals surface area contributed by atoms with Crippen molar-refractivity contribution in [2.45, 2.75) is 25.7 Å². The third-order valence-corrected chi connectivity index (χ3v) is 4.85. The second-order valence-corrected chi connectivity index (χ2v) is 7.40. The molecular formula is C22H22O4S. The van der Waals surface area contributed by atoms with Crippen LogP contribution in [-0.4, -0.2) is 13.0 Å². The molecule has 0 aliphatic rings. The van der Waals surface area contributed by atoms with Gasteiger partial charge in [0.2, 0.25) is 0 Å². The number of benzene rings is 3. The van der Waals surface area contributed by atoms with E-state index in [1.54, 1.807) is 12.1 Å². The predicted octanol–water partition coefficient (Wildman–Crippen LogP) is 4.44. The minimum Gasteiger partial charge on any atom is -0.362 e. The first-order valence-corrected chi connectivity index (χ1v) is 10.2. The van der Waals surface area contributed by atoms with E-state index in [9.17, 15) is 8.42 Å². The van der Waals surface area contributed by atoms with E-state index < -0.39 is 10.4 Å². The van der Waals surface area contributed by atoms with Crippen molar-refractivity contribution < 1.29 is 17.2 Å². The van der Waals surface area contributed by atoms with Gasteiger partial charge < -0.3 is 4.18 Å². The number of rotatable bonds is 8. The molecule has 5 heteroatoms. The number of hydrogen-bond donors (Lipinski definition) is 1. The molecule has 0 heterocycles. The Hall–Kier alpha value is -2.63. The fourth-order valence-corrected chi connectivity index (χ4v) is 3.54. The molecule has 0 radical (unpaired) electrons. The monoisotopic (exact) mass is 382 g/mol. The topological polar surface area (TPSA) is 63.6 Å². The highest BCUT2D eigenvalue weighted by Gasteiger charge is 2.15. The average Bonchev–Trinajstić information content (AvgIpc) is 2.66. The molecule has 0 atom stereocenters. The van der Waals surface area contributed by atoms with Gasteiger partial charge in [0.25, 0.3) is 0 Å². The SMILES string of the molecule is O=S(=O)(O)Oc1cccc(CCc2ccccc2)c1CCc1ccccc1. The van der Waals surface area contributed by atoms with Crippen molar-refractivity contribution >= 4 is 10.4 Å². The molecule has 3 aromatic rings. The molecule has 3 aromatic carbocycles. The summed E-state index contributed by atoms with van der Waals surface area (Å²) >= 11 is 0. The van der Waals surface area contributed by atoms with Crippen LogP contribution in [0.4, 0.5) is 0 Å². The summed E-state index contributed by atoms with van der Waals surface area (Å²) in [5.41, 5.74) is 4.21. The molecule has 0 aromatic heterocycles. The minimum atomic E-state index is -4.57. The van der Waals surface area contributed by atoms with Crippen molar-refractivity contribution in [3.8, 4) is 5.75 Å². The van der Waals surface area contributed by atoms with E-state index in [1.807, 2.05) is 54.6 Å². The maximum Gasteiger partial charge on any atom is 0.446 e. The first kappa shape index (κ1) is 19.1. The summed E-state index contributed by atoms with van der Waals surface area (Å²) in [7, 11) is -4.57. The zero-order chi connectivity index (χ0) is 19.1. The highest BCUT2D eigenvalue weighted by atomic mass is 32.3. The van der Waals surface area contributed by atoms with Gasteiger partial charge in [0, 0.05) is 0 Å². The van der Waals surface area contributed by atoms with Gasteiger partial charge in [-0.15, -0.1) is 0 Å². The van der Waals surface area contributed by atoms with Crippen LogP contribution < -0.4 is 4.18 Å². The lowest BCUT2D eigenvalue weighted by Crippen LogP contribution is -2.10. The quantitative estimate of drug-likeness (QED) is 0.585. The minimum absolute atomic E-state index is 0.194. The predicted molar refractivity (Wildman–Crippen MR) is 106 cm³/mol. The molecule has 0 fully saturated rings. The average molecular weight is 382 g/mol. The van der Waals surface area contributed by atoms with Crippen molar-refractivity contribution in [2.75, 3.05) is 0 Å². The Bertz CT molecular complexity index is 968. The van der Waals surface area contributed by atoms with E-state index in [0.29, 0.717) is 6.42 Å². The molecule has 0 saturated carbocycles. The lowest BCUT2D eigenvalue weighted by atomic mass is 9.95. The third-order valence-electron chi connectivity index (χ3n) is 4.46. The molecule has 0 bridgehead atoms. The van der Waals surface area contributed by atoms with Crippen molar-refractivity contribution in [2.24, 2.45) is 0 Å². The van der Waals surface area contributed by atoms with Gasteiger partial charge in [0.15, 0.2) is 0 Å².